The molecule has 3 N–H and O–H groups in total. The summed E-state index contributed by atoms with van der Waals surface area (Å²) in [6, 6.07) is 9.50. The minimum atomic E-state index is -0.910. The van der Waals surface area contributed by atoms with Gasteiger partial charge in [0.25, 0.3) is 5.69 Å². The molecule has 2 aromatic rings. The molecule has 9 nitrogen and oxygen atoms in total. The summed E-state index contributed by atoms with van der Waals surface area (Å²) in [5, 5.41) is 29.0. The van der Waals surface area contributed by atoms with Gasteiger partial charge in [0.1, 0.15) is 28.9 Å². The van der Waals surface area contributed by atoms with E-state index in [1.807, 2.05) is 0 Å². The number of nitrogens with one attached hydrogen (secondary N) is 2. The quantitative estimate of drug-likeness (QED) is 0.324. The Labute approximate surface area is 185 Å². The minimum Gasteiger partial charge on any atom is -0.497 e. The number of ketones is 1. The number of fused-ring (bicyclic) bond motifs is 1. The number of Topliss-reactive ketones (excluding diaryl/α,β-unsaturated/α-hetero) is 1. The number of ether oxygens (including phenoxy) is 2. The summed E-state index contributed by atoms with van der Waals surface area (Å²) in [6.07, 6.45) is 1.20. The molecule has 1 heterocycles. The summed E-state index contributed by atoms with van der Waals surface area (Å²) in [5.74, 6) is 0.775. The lowest BCUT2D eigenvalue weighted by Gasteiger charge is -2.42. The maximum Gasteiger partial charge on any atom is 0.296 e. The van der Waals surface area contributed by atoms with Gasteiger partial charge in [-0.1, -0.05) is 0 Å². The molecule has 1 aliphatic carbocycles. The molecule has 0 aromatic heterocycles. The molecule has 9 heteroatoms. The second-order valence-electron chi connectivity index (χ2n) is 8.74. The van der Waals surface area contributed by atoms with Crippen LogP contribution in [0.5, 0.6) is 11.5 Å². The van der Waals surface area contributed by atoms with Crippen molar-refractivity contribution in [1.29, 1.82) is 0 Å². The molecular weight excluding hydrogens is 414 g/mol. The van der Waals surface area contributed by atoms with Gasteiger partial charge in [0.15, 0.2) is 5.78 Å². The second kappa shape index (κ2) is 8.40. The molecule has 2 atom stereocenters. The van der Waals surface area contributed by atoms with E-state index in [2.05, 4.69) is 10.6 Å². The number of nitro groups is 1. The Morgan fingerprint density at radius 1 is 1.28 bits per heavy atom. The highest BCUT2D eigenvalue weighted by molar-refractivity contribution is 5.99. The number of benzene rings is 2. The van der Waals surface area contributed by atoms with Crippen molar-refractivity contribution in [3.8, 4) is 11.5 Å². The third-order valence-electron chi connectivity index (χ3n) is 5.90. The number of hydrogen-bond donors (Lipinski definition) is 3. The standard InChI is InChI=1S/C23H27N3O6/c1-23(2)22(28)21(25-14-6-7-14)16-10-17(18(26(29)30)11-20(16)32-23)24-12-19(27)13-4-8-15(31-3)9-5-13/h4-5,8-11,14,21-22,24-25,28H,6-7,12H2,1-3H3/t21-,22+/m1/s1. The van der Waals surface area contributed by atoms with Gasteiger partial charge in [-0.05, 0) is 57.0 Å². The van der Waals surface area contributed by atoms with Crippen molar-refractivity contribution in [3.63, 3.8) is 0 Å². The highest BCUT2D eigenvalue weighted by Crippen LogP contribution is 2.45. The van der Waals surface area contributed by atoms with E-state index in [1.54, 1.807) is 51.3 Å². The molecule has 2 aromatic carbocycles. The van der Waals surface area contributed by atoms with Gasteiger partial charge in [0.2, 0.25) is 0 Å². The maximum absolute atomic E-state index is 12.6. The molecule has 0 radical (unpaired) electrons. The largest absolute Gasteiger partial charge is 0.497 e. The Kier molecular flexibility index (Phi) is 5.79. The first-order valence-corrected chi connectivity index (χ1v) is 10.6. The number of nitro benzene ring substituents is 1. The van der Waals surface area contributed by atoms with E-state index in [0.29, 0.717) is 28.7 Å². The number of anilines is 1. The Balaban J connectivity index is 1.62. The van der Waals surface area contributed by atoms with Crippen LogP contribution in [0.15, 0.2) is 36.4 Å². The predicted molar refractivity (Wildman–Crippen MR) is 119 cm³/mol. The molecule has 32 heavy (non-hydrogen) atoms. The number of methoxy groups -OCH3 is 1. The molecule has 4 rings (SSSR count). The number of aliphatic hydroxyl groups excluding tert-OH is 1. The average molecular weight is 441 g/mol. The Morgan fingerprint density at radius 3 is 2.56 bits per heavy atom. The summed E-state index contributed by atoms with van der Waals surface area (Å²) in [4.78, 5) is 23.8. The molecule has 1 saturated carbocycles. The van der Waals surface area contributed by atoms with Crippen molar-refractivity contribution >= 4 is 17.2 Å². The zero-order valence-corrected chi connectivity index (χ0v) is 18.3. The minimum absolute atomic E-state index is 0.123. The maximum atomic E-state index is 12.6. The molecule has 0 bridgehead atoms. The van der Waals surface area contributed by atoms with Crippen molar-refractivity contribution in [1.82, 2.24) is 5.32 Å². The first-order chi connectivity index (χ1) is 15.2. The highest BCUT2D eigenvalue weighted by Gasteiger charge is 2.45. The van der Waals surface area contributed by atoms with E-state index >= 15 is 0 Å². The van der Waals surface area contributed by atoms with Crippen LogP contribution in [0, 0.1) is 10.1 Å². The molecule has 1 aliphatic heterocycles. The zero-order valence-electron chi connectivity index (χ0n) is 18.3. The molecule has 0 spiro atoms. The Bertz CT molecular complexity index is 1030. The molecule has 170 valence electrons. The third-order valence-corrected chi connectivity index (χ3v) is 5.90. The summed E-state index contributed by atoms with van der Waals surface area (Å²) in [6.45, 7) is 3.39. The number of aliphatic hydroxyl groups is 1. The lowest BCUT2D eigenvalue weighted by Crippen LogP contribution is -2.53. The van der Waals surface area contributed by atoms with Crippen LogP contribution in [0.1, 0.15) is 48.7 Å². The molecule has 0 saturated heterocycles. The third kappa shape index (κ3) is 4.39. The topological polar surface area (TPSA) is 123 Å². The predicted octanol–water partition coefficient (Wildman–Crippen LogP) is 3.22. The van der Waals surface area contributed by atoms with Crippen LogP contribution in [0.2, 0.25) is 0 Å². The van der Waals surface area contributed by atoms with Crippen LogP contribution in [-0.4, -0.2) is 47.2 Å². The van der Waals surface area contributed by atoms with Crippen LogP contribution < -0.4 is 20.1 Å². The fourth-order valence-electron chi connectivity index (χ4n) is 3.86. The van der Waals surface area contributed by atoms with Crippen LogP contribution in [0.4, 0.5) is 11.4 Å². The summed E-state index contributed by atoms with van der Waals surface area (Å²) < 4.78 is 11.0. The Morgan fingerprint density at radius 2 is 1.97 bits per heavy atom. The fourth-order valence-corrected chi connectivity index (χ4v) is 3.86. The lowest BCUT2D eigenvalue weighted by atomic mass is 9.86. The molecule has 0 unspecified atom stereocenters. The van der Waals surface area contributed by atoms with E-state index in [1.165, 1.54) is 6.07 Å². The van der Waals surface area contributed by atoms with Crippen LogP contribution in [0.3, 0.4) is 0 Å². The van der Waals surface area contributed by atoms with E-state index in [4.69, 9.17) is 9.47 Å². The first-order valence-electron chi connectivity index (χ1n) is 10.6. The van der Waals surface area contributed by atoms with E-state index < -0.39 is 22.7 Å². The smallest absolute Gasteiger partial charge is 0.296 e. The van der Waals surface area contributed by atoms with Crippen molar-refractivity contribution in [2.75, 3.05) is 19.0 Å². The Hall–Kier alpha value is -3.17. The van der Waals surface area contributed by atoms with Gasteiger partial charge in [-0.3, -0.25) is 14.9 Å². The van der Waals surface area contributed by atoms with Gasteiger partial charge in [-0.25, -0.2) is 0 Å². The molecular formula is C23H27N3O6. The molecule has 1 fully saturated rings. The van der Waals surface area contributed by atoms with Crippen molar-refractivity contribution in [3.05, 3.63) is 57.6 Å². The number of nitrogens with zero attached hydrogens (tertiary/aromatic N) is 1. The highest BCUT2D eigenvalue weighted by atomic mass is 16.6. The summed E-state index contributed by atoms with van der Waals surface area (Å²) in [7, 11) is 1.54. The number of hydrogen-bond acceptors (Lipinski definition) is 8. The number of rotatable bonds is 8. The van der Waals surface area contributed by atoms with E-state index in [9.17, 15) is 20.0 Å². The van der Waals surface area contributed by atoms with Gasteiger partial charge in [0.05, 0.1) is 30.7 Å². The zero-order chi connectivity index (χ0) is 23.0. The fraction of sp³-hybridized carbons (Fsp3) is 0.435. The van der Waals surface area contributed by atoms with Crippen molar-refractivity contribution < 1.29 is 24.3 Å². The molecule has 2 aliphatic rings. The van der Waals surface area contributed by atoms with Crippen LogP contribution in [0.25, 0.3) is 0 Å². The number of carbonyl (C=O) groups excluding carboxylic acids is 1. The van der Waals surface area contributed by atoms with Gasteiger partial charge in [0, 0.05) is 17.2 Å². The second-order valence-corrected chi connectivity index (χ2v) is 8.74. The summed E-state index contributed by atoms with van der Waals surface area (Å²) in [5.41, 5.74) is 0.200. The first kappa shape index (κ1) is 22.0. The van der Waals surface area contributed by atoms with Gasteiger partial charge >= 0.3 is 0 Å². The van der Waals surface area contributed by atoms with E-state index in [-0.39, 0.29) is 23.7 Å². The molecule has 0 amide bonds. The van der Waals surface area contributed by atoms with Crippen LogP contribution >= 0.6 is 0 Å². The average Bonchev–Trinajstić information content (AvgIpc) is 3.59. The van der Waals surface area contributed by atoms with E-state index in [0.717, 1.165) is 12.8 Å². The van der Waals surface area contributed by atoms with Gasteiger partial charge in [-0.15, -0.1) is 0 Å². The van der Waals surface area contributed by atoms with Gasteiger partial charge in [-0.2, -0.15) is 0 Å². The summed E-state index contributed by atoms with van der Waals surface area (Å²) >= 11 is 0. The van der Waals surface area contributed by atoms with Crippen LogP contribution in [-0.2, 0) is 0 Å². The normalized spacial score (nSPS) is 21.2. The number of carbonyl (C=O) groups is 1. The van der Waals surface area contributed by atoms with Gasteiger partial charge < -0.3 is 25.2 Å². The SMILES string of the molecule is COc1ccc(C(=O)CNc2cc3c(cc2[N+](=O)[O-])OC(C)(C)[C@@H](O)[C@@H]3NC2CC2)cc1. The van der Waals surface area contributed by atoms with Crippen molar-refractivity contribution in [2.24, 2.45) is 0 Å². The lowest BCUT2D eigenvalue weighted by molar-refractivity contribution is -0.384. The van der Waals surface area contributed by atoms with Crippen molar-refractivity contribution in [2.45, 2.75) is 50.5 Å². The monoisotopic (exact) mass is 441 g/mol.